The number of methoxy groups -OCH3 is 1. The molecule has 0 aromatic carbocycles. The molecule has 0 bridgehead atoms. The molecule has 92 valence electrons. The van der Waals surface area contributed by atoms with E-state index in [1.54, 1.807) is 7.11 Å². The van der Waals surface area contributed by atoms with Crippen LogP contribution in [-0.2, 0) is 18.3 Å². The van der Waals surface area contributed by atoms with Gasteiger partial charge < -0.3 is 10.1 Å². The van der Waals surface area contributed by atoms with Crippen LogP contribution in [0.5, 0.6) is 0 Å². The van der Waals surface area contributed by atoms with Gasteiger partial charge in [0, 0.05) is 46.5 Å². The first kappa shape index (κ1) is 13.2. The lowest BCUT2D eigenvalue weighted by molar-refractivity contribution is 0.197. The molecule has 0 aliphatic carbocycles. The minimum absolute atomic E-state index is 0.768. The summed E-state index contributed by atoms with van der Waals surface area (Å²) in [6.45, 7) is 4.57. The van der Waals surface area contributed by atoms with Crippen LogP contribution in [0, 0.1) is 0 Å². The lowest BCUT2D eigenvalue weighted by atomic mass is 10.4. The third-order valence-electron chi connectivity index (χ3n) is 2.35. The molecule has 0 saturated heterocycles. The second kappa shape index (κ2) is 7.38. The molecule has 0 fully saturated rings. The number of hydrogen-bond acceptors (Lipinski definition) is 4. The lowest BCUT2D eigenvalue weighted by Crippen LogP contribution is -2.30. The van der Waals surface area contributed by atoms with Gasteiger partial charge in [-0.1, -0.05) is 0 Å². The molecule has 0 radical (unpaired) electrons. The molecule has 1 heterocycles. The van der Waals surface area contributed by atoms with Crippen LogP contribution < -0.4 is 5.32 Å². The molecule has 5 heteroatoms. The first-order valence-electron chi connectivity index (χ1n) is 5.59. The normalized spacial score (nSPS) is 11.2. The van der Waals surface area contributed by atoms with Crippen molar-refractivity contribution in [2.45, 2.75) is 6.54 Å². The van der Waals surface area contributed by atoms with Gasteiger partial charge in [-0.15, -0.1) is 0 Å². The van der Waals surface area contributed by atoms with Gasteiger partial charge in [0.05, 0.1) is 12.3 Å². The molecular formula is C11H22N4O. The van der Waals surface area contributed by atoms with Gasteiger partial charge in [-0.05, 0) is 13.1 Å². The molecule has 1 aromatic rings. The molecule has 1 N–H and O–H groups in total. The van der Waals surface area contributed by atoms with Gasteiger partial charge in [-0.2, -0.15) is 5.10 Å². The molecular weight excluding hydrogens is 204 g/mol. The highest BCUT2D eigenvalue weighted by Gasteiger charge is 2.01. The van der Waals surface area contributed by atoms with Gasteiger partial charge in [0.2, 0.25) is 0 Å². The van der Waals surface area contributed by atoms with Crippen molar-refractivity contribution in [3.8, 4) is 0 Å². The molecule has 16 heavy (non-hydrogen) atoms. The standard InChI is InChI=1S/C11H22N4O/c1-14(8-5-12-6-9-16-3)10-11-4-7-15(2)13-11/h4,7,12H,5-6,8-10H2,1-3H3. The molecule has 1 rings (SSSR count). The van der Waals surface area contributed by atoms with E-state index in [2.05, 4.69) is 28.4 Å². The second-order valence-corrected chi connectivity index (χ2v) is 3.96. The molecule has 0 saturated carbocycles. The van der Waals surface area contributed by atoms with Crippen LogP contribution >= 0.6 is 0 Å². The van der Waals surface area contributed by atoms with Gasteiger partial charge in [0.25, 0.3) is 0 Å². The number of nitrogens with zero attached hydrogens (tertiary/aromatic N) is 3. The number of rotatable bonds is 8. The summed E-state index contributed by atoms with van der Waals surface area (Å²) in [6, 6.07) is 2.05. The minimum atomic E-state index is 0.768. The number of hydrogen-bond donors (Lipinski definition) is 1. The summed E-state index contributed by atoms with van der Waals surface area (Å²) in [4.78, 5) is 2.25. The molecule has 0 amide bonds. The Morgan fingerprint density at radius 1 is 1.50 bits per heavy atom. The Morgan fingerprint density at radius 3 is 2.94 bits per heavy atom. The molecule has 0 atom stereocenters. The van der Waals surface area contributed by atoms with Crippen LogP contribution in [0.1, 0.15) is 5.69 Å². The van der Waals surface area contributed by atoms with Crippen LogP contribution in [-0.4, -0.2) is 55.1 Å². The van der Waals surface area contributed by atoms with E-state index in [1.165, 1.54) is 0 Å². The fourth-order valence-corrected chi connectivity index (χ4v) is 1.47. The van der Waals surface area contributed by atoms with Crippen LogP contribution in [0.4, 0.5) is 0 Å². The van der Waals surface area contributed by atoms with E-state index in [0.29, 0.717) is 0 Å². The predicted octanol–water partition coefficient (Wildman–Crippen LogP) is 0.0879. The van der Waals surface area contributed by atoms with Gasteiger partial charge in [-0.3, -0.25) is 9.58 Å². The van der Waals surface area contributed by atoms with Crippen LogP contribution in [0.15, 0.2) is 12.3 Å². The fourth-order valence-electron chi connectivity index (χ4n) is 1.47. The Kier molecular flexibility index (Phi) is 6.07. The minimum Gasteiger partial charge on any atom is -0.383 e. The summed E-state index contributed by atoms with van der Waals surface area (Å²) < 4.78 is 6.79. The van der Waals surface area contributed by atoms with Crippen molar-refractivity contribution in [3.05, 3.63) is 18.0 Å². The van der Waals surface area contributed by atoms with E-state index in [4.69, 9.17) is 4.74 Å². The van der Waals surface area contributed by atoms with Crippen LogP contribution in [0.3, 0.4) is 0 Å². The van der Waals surface area contributed by atoms with Crippen molar-refractivity contribution < 1.29 is 4.74 Å². The average molecular weight is 226 g/mol. The molecule has 0 aliphatic heterocycles. The summed E-state index contributed by atoms with van der Waals surface area (Å²) in [7, 11) is 5.76. The Bertz CT molecular complexity index is 287. The Labute approximate surface area is 97.4 Å². The fraction of sp³-hybridized carbons (Fsp3) is 0.727. The largest absolute Gasteiger partial charge is 0.383 e. The maximum atomic E-state index is 4.96. The zero-order valence-corrected chi connectivity index (χ0v) is 10.4. The van der Waals surface area contributed by atoms with E-state index in [1.807, 2.05) is 17.9 Å². The monoisotopic (exact) mass is 226 g/mol. The van der Waals surface area contributed by atoms with Crippen molar-refractivity contribution in [2.24, 2.45) is 7.05 Å². The maximum Gasteiger partial charge on any atom is 0.0764 e. The summed E-state index contributed by atoms with van der Waals surface area (Å²) in [5.41, 5.74) is 1.11. The van der Waals surface area contributed by atoms with E-state index >= 15 is 0 Å². The quantitative estimate of drug-likeness (QED) is 0.638. The molecule has 5 nitrogen and oxygen atoms in total. The molecule has 0 unspecified atom stereocenters. The number of ether oxygens (including phenoxy) is 1. The van der Waals surface area contributed by atoms with E-state index in [-0.39, 0.29) is 0 Å². The highest BCUT2D eigenvalue weighted by Crippen LogP contribution is 1.98. The topological polar surface area (TPSA) is 42.3 Å². The zero-order chi connectivity index (χ0) is 11.8. The van der Waals surface area contributed by atoms with Crippen molar-refractivity contribution in [1.29, 1.82) is 0 Å². The summed E-state index contributed by atoms with van der Waals surface area (Å²) >= 11 is 0. The number of aromatic nitrogens is 2. The molecule has 0 spiro atoms. The highest BCUT2D eigenvalue weighted by molar-refractivity contribution is 4.97. The number of likely N-dealkylation sites (N-methyl/N-ethyl adjacent to an activating group) is 1. The Hall–Kier alpha value is -0.910. The highest BCUT2D eigenvalue weighted by atomic mass is 16.5. The first-order chi connectivity index (χ1) is 7.72. The third kappa shape index (κ3) is 5.25. The van der Waals surface area contributed by atoms with Crippen molar-refractivity contribution >= 4 is 0 Å². The van der Waals surface area contributed by atoms with Crippen molar-refractivity contribution in [3.63, 3.8) is 0 Å². The SMILES string of the molecule is COCCNCCN(C)Cc1ccn(C)n1. The number of nitrogens with one attached hydrogen (secondary N) is 1. The second-order valence-electron chi connectivity index (χ2n) is 3.96. The zero-order valence-electron chi connectivity index (χ0n) is 10.4. The average Bonchev–Trinajstić information content (AvgIpc) is 2.63. The van der Waals surface area contributed by atoms with Crippen LogP contribution in [0.25, 0.3) is 0 Å². The summed E-state index contributed by atoms with van der Waals surface area (Å²) in [5.74, 6) is 0. The summed E-state index contributed by atoms with van der Waals surface area (Å²) in [5, 5.41) is 7.66. The molecule has 0 aliphatic rings. The van der Waals surface area contributed by atoms with Crippen molar-refractivity contribution in [2.75, 3.05) is 40.4 Å². The molecule has 1 aromatic heterocycles. The van der Waals surface area contributed by atoms with Crippen LogP contribution in [0.2, 0.25) is 0 Å². The van der Waals surface area contributed by atoms with Crippen molar-refractivity contribution in [1.82, 2.24) is 20.0 Å². The van der Waals surface area contributed by atoms with E-state index < -0.39 is 0 Å². The van der Waals surface area contributed by atoms with Gasteiger partial charge in [0.15, 0.2) is 0 Å². The maximum absolute atomic E-state index is 4.96. The summed E-state index contributed by atoms with van der Waals surface area (Å²) in [6.07, 6.45) is 1.97. The van der Waals surface area contributed by atoms with E-state index in [9.17, 15) is 0 Å². The van der Waals surface area contributed by atoms with E-state index in [0.717, 1.165) is 38.5 Å². The Morgan fingerprint density at radius 2 is 2.31 bits per heavy atom. The number of aryl methyl sites for hydroxylation is 1. The van der Waals surface area contributed by atoms with Gasteiger partial charge in [0.1, 0.15) is 0 Å². The first-order valence-corrected chi connectivity index (χ1v) is 5.59. The van der Waals surface area contributed by atoms with Gasteiger partial charge in [-0.25, -0.2) is 0 Å². The predicted molar refractivity (Wildman–Crippen MR) is 64.3 cm³/mol. The third-order valence-corrected chi connectivity index (χ3v) is 2.35. The van der Waals surface area contributed by atoms with Gasteiger partial charge >= 0.3 is 0 Å². The smallest absolute Gasteiger partial charge is 0.0764 e. The lowest BCUT2D eigenvalue weighted by Gasteiger charge is -2.15. The Balaban J connectivity index is 2.09.